The number of furan rings is 1. The molecule has 14 heavy (non-hydrogen) atoms. The second kappa shape index (κ2) is 5.17. The molecular weight excluding hydrogens is 250 g/mol. The van der Waals surface area contributed by atoms with Gasteiger partial charge in [0.25, 0.3) is 5.91 Å². The molecule has 0 bridgehead atoms. The Morgan fingerprint density at radius 3 is 2.86 bits per heavy atom. The Morgan fingerprint density at radius 1 is 1.71 bits per heavy atom. The first-order valence-corrected chi connectivity index (χ1v) is 5.13. The van der Waals surface area contributed by atoms with E-state index in [0.717, 1.165) is 0 Å². The van der Waals surface area contributed by atoms with Crippen LogP contribution in [-0.4, -0.2) is 23.7 Å². The molecule has 5 heteroatoms. The maximum Gasteiger partial charge on any atom is 0.287 e. The average Bonchev–Trinajstić information content (AvgIpc) is 2.61. The van der Waals surface area contributed by atoms with Crippen LogP contribution in [0, 0.1) is 0 Å². The lowest BCUT2D eigenvalue weighted by Gasteiger charge is -2.12. The molecule has 1 amide bonds. The van der Waals surface area contributed by atoms with Crippen LogP contribution >= 0.6 is 15.9 Å². The molecule has 1 unspecified atom stereocenters. The Labute approximate surface area is 90.4 Å². The first-order chi connectivity index (χ1) is 6.67. The molecule has 0 spiro atoms. The van der Waals surface area contributed by atoms with Crippen molar-refractivity contribution in [2.75, 3.05) is 6.61 Å². The Kier molecular flexibility index (Phi) is 4.16. The molecule has 4 nitrogen and oxygen atoms in total. The summed E-state index contributed by atoms with van der Waals surface area (Å²) in [6.07, 6.45) is 0.685. The van der Waals surface area contributed by atoms with Crippen molar-refractivity contribution in [1.29, 1.82) is 0 Å². The minimum absolute atomic E-state index is 0.0654. The third-order valence-electron chi connectivity index (χ3n) is 1.85. The molecule has 1 heterocycles. The minimum Gasteiger partial charge on any atom is -0.444 e. The molecule has 0 fully saturated rings. The highest BCUT2D eigenvalue weighted by molar-refractivity contribution is 9.10. The fraction of sp³-hybridized carbons (Fsp3) is 0.444. The number of carbonyl (C=O) groups is 1. The number of hydrogen-bond donors (Lipinski definition) is 2. The Hall–Kier alpha value is -0.810. The predicted octanol–water partition coefficient (Wildman–Crippen LogP) is 1.54. The molecule has 0 saturated carbocycles. The van der Waals surface area contributed by atoms with Gasteiger partial charge in [0.15, 0.2) is 10.4 Å². The van der Waals surface area contributed by atoms with Gasteiger partial charge in [-0.25, -0.2) is 0 Å². The van der Waals surface area contributed by atoms with Gasteiger partial charge in [-0.05, 0) is 34.5 Å². The molecule has 0 aliphatic carbocycles. The fourth-order valence-corrected chi connectivity index (χ4v) is 1.28. The lowest BCUT2D eigenvalue weighted by Crippen LogP contribution is -2.36. The molecule has 1 rings (SSSR count). The van der Waals surface area contributed by atoms with Gasteiger partial charge in [0, 0.05) is 0 Å². The van der Waals surface area contributed by atoms with E-state index in [2.05, 4.69) is 21.2 Å². The van der Waals surface area contributed by atoms with E-state index in [1.54, 1.807) is 12.1 Å². The Balaban J connectivity index is 2.58. The zero-order valence-electron chi connectivity index (χ0n) is 7.79. The van der Waals surface area contributed by atoms with Crippen molar-refractivity contribution >= 4 is 21.8 Å². The number of aliphatic hydroxyl groups is 1. The van der Waals surface area contributed by atoms with Gasteiger partial charge in [-0.15, -0.1) is 0 Å². The molecule has 0 aromatic carbocycles. The zero-order chi connectivity index (χ0) is 10.6. The summed E-state index contributed by atoms with van der Waals surface area (Å²) in [5.41, 5.74) is 0. The van der Waals surface area contributed by atoms with E-state index in [4.69, 9.17) is 9.52 Å². The van der Waals surface area contributed by atoms with E-state index in [1.165, 1.54) is 0 Å². The van der Waals surface area contributed by atoms with Crippen LogP contribution in [0.5, 0.6) is 0 Å². The monoisotopic (exact) mass is 261 g/mol. The zero-order valence-corrected chi connectivity index (χ0v) is 9.37. The van der Waals surface area contributed by atoms with Crippen LogP contribution in [0.4, 0.5) is 0 Å². The molecule has 0 radical (unpaired) electrons. The predicted molar refractivity (Wildman–Crippen MR) is 55.0 cm³/mol. The van der Waals surface area contributed by atoms with Crippen LogP contribution in [0.25, 0.3) is 0 Å². The molecule has 0 saturated heterocycles. The van der Waals surface area contributed by atoms with Crippen molar-refractivity contribution in [2.24, 2.45) is 0 Å². The summed E-state index contributed by atoms with van der Waals surface area (Å²) in [4.78, 5) is 11.4. The van der Waals surface area contributed by atoms with Gasteiger partial charge in [0.05, 0.1) is 12.6 Å². The maximum absolute atomic E-state index is 11.4. The summed E-state index contributed by atoms with van der Waals surface area (Å²) in [6, 6.07) is 3.00. The molecule has 1 aromatic heterocycles. The summed E-state index contributed by atoms with van der Waals surface area (Å²) in [5.74, 6) is -0.0691. The van der Waals surface area contributed by atoms with Crippen LogP contribution in [0.15, 0.2) is 21.2 Å². The van der Waals surface area contributed by atoms with Gasteiger partial charge in [-0.2, -0.15) is 0 Å². The summed E-state index contributed by atoms with van der Waals surface area (Å²) < 4.78 is 5.57. The van der Waals surface area contributed by atoms with Gasteiger partial charge < -0.3 is 14.8 Å². The molecule has 1 atom stereocenters. The third-order valence-corrected chi connectivity index (χ3v) is 2.27. The van der Waals surface area contributed by atoms with Gasteiger partial charge in [0.1, 0.15) is 0 Å². The quantitative estimate of drug-likeness (QED) is 0.865. The smallest absolute Gasteiger partial charge is 0.287 e. The highest BCUT2D eigenvalue weighted by Gasteiger charge is 2.14. The van der Waals surface area contributed by atoms with E-state index in [-0.39, 0.29) is 24.3 Å². The fourth-order valence-electron chi connectivity index (χ4n) is 0.970. The van der Waals surface area contributed by atoms with Gasteiger partial charge >= 0.3 is 0 Å². The maximum atomic E-state index is 11.4. The highest BCUT2D eigenvalue weighted by Crippen LogP contribution is 2.13. The topological polar surface area (TPSA) is 62.5 Å². The largest absolute Gasteiger partial charge is 0.444 e. The number of carbonyl (C=O) groups excluding carboxylic acids is 1. The molecule has 0 aliphatic rings. The molecule has 0 aliphatic heterocycles. The SMILES string of the molecule is CCC(CO)NC(=O)c1ccc(Br)o1. The first-order valence-electron chi connectivity index (χ1n) is 4.34. The summed E-state index contributed by atoms with van der Waals surface area (Å²) in [5, 5.41) is 11.5. The van der Waals surface area contributed by atoms with Crippen molar-refractivity contribution in [2.45, 2.75) is 19.4 Å². The number of hydrogen-bond acceptors (Lipinski definition) is 3. The van der Waals surface area contributed by atoms with Crippen LogP contribution < -0.4 is 5.32 Å². The minimum atomic E-state index is -0.309. The number of aliphatic hydroxyl groups excluding tert-OH is 1. The lowest BCUT2D eigenvalue weighted by molar-refractivity contribution is 0.0885. The normalized spacial score (nSPS) is 12.5. The molecular formula is C9H12BrNO3. The lowest BCUT2D eigenvalue weighted by atomic mass is 10.2. The Bertz CT molecular complexity index is 307. The first kappa shape index (κ1) is 11.3. The summed E-state index contributed by atoms with van der Waals surface area (Å²) >= 11 is 3.10. The molecule has 78 valence electrons. The van der Waals surface area contributed by atoms with Crippen LogP contribution in [0.3, 0.4) is 0 Å². The number of amides is 1. The van der Waals surface area contributed by atoms with Crippen LogP contribution in [0.1, 0.15) is 23.9 Å². The number of nitrogens with one attached hydrogen (secondary N) is 1. The van der Waals surface area contributed by atoms with Gasteiger partial charge in [-0.3, -0.25) is 4.79 Å². The second-order valence-electron chi connectivity index (χ2n) is 2.86. The van der Waals surface area contributed by atoms with Crippen molar-refractivity contribution in [1.82, 2.24) is 5.32 Å². The number of rotatable bonds is 4. The molecule has 2 N–H and O–H groups in total. The second-order valence-corrected chi connectivity index (χ2v) is 3.65. The van der Waals surface area contributed by atoms with E-state index in [0.29, 0.717) is 11.1 Å². The third kappa shape index (κ3) is 2.85. The Morgan fingerprint density at radius 2 is 2.43 bits per heavy atom. The van der Waals surface area contributed by atoms with Crippen molar-refractivity contribution in [3.8, 4) is 0 Å². The van der Waals surface area contributed by atoms with Crippen LogP contribution in [0.2, 0.25) is 0 Å². The van der Waals surface area contributed by atoms with Gasteiger partial charge in [-0.1, -0.05) is 6.92 Å². The summed E-state index contributed by atoms with van der Waals surface area (Å²) in [6.45, 7) is 1.82. The van der Waals surface area contributed by atoms with Gasteiger partial charge in [0.2, 0.25) is 0 Å². The van der Waals surface area contributed by atoms with E-state index >= 15 is 0 Å². The molecule has 1 aromatic rings. The number of halogens is 1. The van der Waals surface area contributed by atoms with E-state index in [1.807, 2.05) is 6.92 Å². The average molecular weight is 262 g/mol. The van der Waals surface area contributed by atoms with Crippen LogP contribution in [-0.2, 0) is 0 Å². The van der Waals surface area contributed by atoms with E-state index in [9.17, 15) is 4.79 Å². The van der Waals surface area contributed by atoms with Crippen molar-refractivity contribution < 1.29 is 14.3 Å². The highest BCUT2D eigenvalue weighted by atomic mass is 79.9. The summed E-state index contributed by atoms with van der Waals surface area (Å²) in [7, 11) is 0. The standard InChI is InChI=1S/C9H12BrNO3/c1-2-6(5-12)11-9(13)7-3-4-8(10)14-7/h3-4,6,12H,2,5H2,1H3,(H,11,13). The van der Waals surface area contributed by atoms with Crippen molar-refractivity contribution in [3.05, 3.63) is 22.6 Å². The van der Waals surface area contributed by atoms with E-state index < -0.39 is 0 Å². The van der Waals surface area contributed by atoms with Crippen molar-refractivity contribution in [3.63, 3.8) is 0 Å².